The molecule has 0 saturated carbocycles. The Morgan fingerprint density at radius 3 is 2.41 bits per heavy atom. The second-order valence-electron chi connectivity index (χ2n) is 3.99. The first-order valence-corrected chi connectivity index (χ1v) is 5.71. The second kappa shape index (κ2) is 5.59. The average Bonchev–Trinajstić information content (AvgIpc) is 2.40. The van der Waals surface area contributed by atoms with Crippen molar-refractivity contribution in [1.29, 1.82) is 0 Å². The number of carbonyl (C=O) groups is 2. The van der Waals surface area contributed by atoms with Crippen LogP contribution in [0.15, 0.2) is 30.3 Å². The molecule has 0 unspecified atom stereocenters. The number of benzene rings is 1. The zero-order chi connectivity index (χ0) is 12.1. The third-order valence-electron chi connectivity index (χ3n) is 2.74. The van der Waals surface area contributed by atoms with Gasteiger partial charge >= 0.3 is 0 Å². The molecule has 0 bridgehead atoms. The van der Waals surface area contributed by atoms with Crippen molar-refractivity contribution in [3.05, 3.63) is 35.9 Å². The largest absolute Gasteiger partial charge is 0.378 e. The highest BCUT2D eigenvalue weighted by Crippen LogP contribution is 2.04. The quantitative estimate of drug-likeness (QED) is 0.720. The zero-order valence-corrected chi connectivity index (χ0v) is 9.59. The third-order valence-corrected chi connectivity index (χ3v) is 2.74. The smallest absolute Gasteiger partial charge is 0.290 e. The van der Waals surface area contributed by atoms with Gasteiger partial charge in [-0.15, -0.1) is 0 Å². The Morgan fingerprint density at radius 2 is 1.76 bits per heavy atom. The summed E-state index contributed by atoms with van der Waals surface area (Å²) in [7, 11) is 0. The molecule has 0 aliphatic carbocycles. The molecule has 1 aliphatic heterocycles. The first kappa shape index (κ1) is 11.8. The lowest BCUT2D eigenvalue weighted by atomic mass is 10.1. The molecule has 1 heterocycles. The first-order valence-electron chi connectivity index (χ1n) is 5.71. The summed E-state index contributed by atoms with van der Waals surface area (Å²) in [6.07, 6.45) is 0.178. The fourth-order valence-electron chi connectivity index (χ4n) is 1.80. The maximum absolute atomic E-state index is 11.8. The van der Waals surface area contributed by atoms with Crippen molar-refractivity contribution < 1.29 is 14.3 Å². The van der Waals surface area contributed by atoms with Gasteiger partial charge in [0, 0.05) is 19.5 Å². The van der Waals surface area contributed by atoms with Gasteiger partial charge in [-0.05, 0) is 5.56 Å². The molecule has 1 fully saturated rings. The fourth-order valence-corrected chi connectivity index (χ4v) is 1.80. The van der Waals surface area contributed by atoms with Crippen LogP contribution in [-0.4, -0.2) is 42.9 Å². The summed E-state index contributed by atoms with van der Waals surface area (Å²) < 4.78 is 5.14. The van der Waals surface area contributed by atoms with E-state index in [0.717, 1.165) is 5.56 Å². The number of rotatable bonds is 3. The van der Waals surface area contributed by atoms with E-state index in [4.69, 9.17) is 4.74 Å². The van der Waals surface area contributed by atoms with E-state index in [-0.39, 0.29) is 12.2 Å². The molecule has 4 heteroatoms. The van der Waals surface area contributed by atoms with Crippen LogP contribution in [0.5, 0.6) is 0 Å². The molecule has 4 nitrogen and oxygen atoms in total. The van der Waals surface area contributed by atoms with Crippen molar-refractivity contribution in [3.8, 4) is 0 Å². The van der Waals surface area contributed by atoms with Crippen molar-refractivity contribution in [2.75, 3.05) is 26.3 Å². The first-order chi connectivity index (χ1) is 8.27. The molecule has 1 aromatic carbocycles. The number of ketones is 1. The lowest BCUT2D eigenvalue weighted by molar-refractivity contribution is -0.147. The van der Waals surface area contributed by atoms with Crippen molar-refractivity contribution in [3.63, 3.8) is 0 Å². The van der Waals surface area contributed by atoms with E-state index in [1.807, 2.05) is 30.3 Å². The normalized spacial score (nSPS) is 15.6. The molecule has 1 aliphatic rings. The number of morpholine rings is 1. The summed E-state index contributed by atoms with van der Waals surface area (Å²) in [5.74, 6) is -0.741. The molecule has 0 atom stereocenters. The van der Waals surface area contributed by atoms with Crippen LogP contribution >= 0.6 is 0 Å². The van der Waals surface area contributed by atoms with Crippen LogP contribution in [0, 0.1) is 0 Å². The topological polar surface area (TPSA) is 46.6 Å². The summed E-state index contributed by atoms with van der Waals surface area (Å²) in [5, 5.41) is 0. The van der Waals surface area contributed by atoms with Gasteiger partial charge in [0.25, 0.3) is 5.91 Å². The minimum Gasteiger partial charge on any atom is -0.378 e. The maximum atomic E-state index is 11.8. The Labute approximate surface area is 100 Å². The lowest BCUT2D eigenvalue weighted by Crippen LogP contribution is -2.44. The Bertz CT molecular complexity index is 396. The Hall–Kier alpha value is -1.68. The van der Waals surface area contributed by atoms with Gasteiger partial charge in [-0.1, -0.05) is 30.3 Å². The van der Waals surface area contributed by atoms with Crippen molar-refractivity contribution in [1.82, 2.24) is 4.90 Å². The molecule has 0 aromatic heterocycles. The molecule has 1 aromatic rings. The summed E-state index contributed by atoms with van der Waals surface area (Å²) in [4.78, 5) is 25.2. The SMILES string of the molecule is O=C(Cc1ccccc1)C(=O)N1CCOCC1. The van der Waals surface area contributed by atoms with E-state index in [2.05, 4.69) is 0 Å². The molecular formula is C13H15NO3. The van der Waals surface area contributed by atoms with Crippen LogP contribution in [0.25, 0.3) is 0 Å². The van der Waals surface area contributed by atoms with Gasteiger partial charge < -0.3 is 9.64 Å². The highest BCUT2D eigenvalue weighted by Gasteiger charge is 2.23. The van der Waals surface area contributed by atoms with E-state index in [1.165, 1.54) is 0 Å². The second-order valence-corrected chi connectivity index (χ2v) is 3.99. The van der Waals surface area contributed by atoms with Crippen molar-refractivity contribution in [2.45, 2.75) is 6.42 Å². The molecule has 2 rings (SSSR count). The van der Waals surface area contributed by atoms with Gasteiger partial charge in [0.2, 0.25) is 5.78 Å². The predicted molar refractivity (Wildman–Crippen MR) is 62.6 cm³/mol. The predicted octanol–water partition coefficient (Wildman–Crippen LogP) is 0.657. The number of carbonyl (C=O) groups excluding carboxylic acids is 2. The van der Waals surface area contributed by atoms with Crippen LogP contribution < -0.4 is 0 Å². The van der Waals surface area contributed by atoms with Gasteiger partial charge in [0.15, 0.2) is 0 Å². The molecule has 0 N–H and O–H groups in total. The molecule has 1 amide bonds. The van der Waals surface area contributed by atoms with E-state index < -0.39 is 5.91 Å². The van der Waals surface area contributed by atoms with E-state index >= 15 is 0 Å². The highest BCUT2D eigenvalue weighted by atomic mass is 16.5. The molecular weight excluding hydrogens is 218 g/mol. The summed E-state index contributed by atoms with van der Waals surface area (Å²) in [6.45, 7) is 2.06. The maximum Gasteiger partial charge on any atom is 0.290 e. The molecule has 17 heavy (non-hydrogen) atoms. The van der Waals surface area contributed by atoms with E-state index in [1.54, 1.807) is 4.90 Å². The summed E-state index contributed by atoms with van der Waals surface area (Å²) in [6, 6.07) is 9.32. The van der Waals surface area contributed by atoms with Gasteiger partial charge in [0.05, 0.1) is 13.2 Å². The van der Waals surface area contributed by atoms with Crippen LogP contribution in [-0.2, 0) is 20.7 Å². The van der Waals surface area contributed by atoms with Gasteiger partial charge in [-0.3, -0.25) is 9.59 Å². The molecule has 0 radical (unpaired) electrons. The average molecular weight is 233 g/mol. The molecule has 0 spiro atoms. The summed E-state index contributed by atoms with van der Waals surface area (Å²) in [5.41, 5.74) is 0.874. The van der Waals surface area contributed by atoms with Gasteiger partial charge in [0.1, 0.15) is 0 Å². The number of amides is 1. The standard InChI is InChI=1S/C13H15NO3/c15-12(10-11-4-2-1-3-5-11)13(16)14-6-8-17-9-7-14/h1-5H,6-10H2. The monoisotopic (exact) mass is 233 g/mol. The van der Waals surface area contributed by atoms with Gasteiger partial charge in [-0.2, -0.15) is 0 Å². The number of ether oxygens (including phenoxy) is 1. The van der Waals surface area contributed by atoms with E-state index in [9.17, 15) is 9.59 Å². The van der Waals surface area contributed by atoms with Crippen LogP contribution in [0.1, 0.15) is 5.56 Å². The third kappa shape index (κ3) is 3.14. The number of Topliss-reactive ketones (excluding diaryl/α,β-unsaturated/α-hetero) is 1. The molecule has 1 saturated heterocycles. The van der Waals surface area contributed by atoms with Crippen molar-refractivity contribution in [2.24, 2.45) is 0 Å². The minimum absolute atomic E-state index is 0.178. The Kier molecular flexibility index (Phi) is 3.88. The summed E-state index contributed by atoms with van der Waals surface area (Å²) >= 11 is 0. The highest BCUT2D eigenvalue weighted by molar-refractivity contribution is 6.36. The van der Waals surface area contributed by atoms with E-state index in [0.29, 0.717) is 26.3 Å². The number of hydrogen-bond donors (Lipinski definition) is 0. The number of hydrogen-bond acceptors (Lipinski definition) is 3. The minimum atomic E-state index is -0.392. The number of nitrogens with zero attached hydrogens (tertiary/aromatic N) is 1. The Morgan fingerprint density at radius 1 is 1.12 bits per heavy atom. The van der Waals surface area contributed by atoms with Crippen molar-refractivity contribution >= 4 is 11.7 Å². The lowest BCUT2D eigenvalue weighted by Gasteiger charge is -2.26. The molecule has 90 valence electrons. The zero-order valence-electron chi connectivity index (χ0n) is 9.59. The fraction of sp³-hybridized carbons (Fsp3) is 0.385. The van der Waals surface area contributed by atoms with Gasteiger partial charge in [-0.25, -0.2) is 0 Å². The van der Waals surface area contributed by atoms with Crippen LogP contribution in [0.2, 0.25) is 0 Å². The Balaban J connectivity index is 1.93. The van der Waals surface area contributed by atoms with Crippen LogP contribution in [0.3, 0.4) is 0 Å². The van der Waals surface area contributed by atoms with Crippen LogP contribution in [0.4, 0.5) is 0 Å².